The molecule has 0 bridgehead atoms. The highest BCUT2D eigenvalue weighted by molar-refractivity contribution is 6.38. The van der Waals surface area contributed by atoms with E-state index < -0.39 is 28.9 Å². The van der Waals surface area contributed by atoms with Gasteiger partial charge in [-0.2, -0.15) is 5.10 Å². The Morgan fingerprint density at radius 2 is 1.64 bits per heavy atom. The number of rotatable bonds is 4. The first-order chi connectivity index (χ1) is 13.4. The Labute approximate surface area is 169 Å². The minimum atomic E-state index is -0.974. The quantitative estimate of drug-likeness (QED) is 0.437. The summed E-state index contributed by atoms with van der Waals surface area (Å²) >= 11 is 12.0. The second-order valence-electron chi connectivity index (χ2n) is 5.66. The number of carbonyl (C=O) groups is 1. The smallest absolute Gasteiger partial charge is 0.278 e. The summed E-state index contributed by atoms with van der Waals surface area (Å²) in [5, 5.41) is 14.3. The van der Waals surface area contributed by atoms with E-state index in [0.717, 1.165) is 0 Å². The van der Waals surface area contributed by atoms with Crippen molar-refractivity contribution in [2.75, 3.05) is 0 Å². The summed E-state index contributed by atoms with van der Waals surface area (Å²) in [7, 11) is 0. The number of carbonyl (C=O) groups excluding carboxylic acids is 1. The summed E-state index contributed by atoms with van der Waals surface area (Å²) in [6, 6.07) is 12.4. The molecule has 0 atom stereocenters. The lowest BCUT2D eigenvalue weighted by Crippen LogP contribution is -2.19. The number of nitrogens with one attached hydrogen (secondary N) is 1. The average Bonchev–Trinajstić information content (AvgIpc) is 2.65. The maximum absolute atomic E-state index is 14.8. The standard InChI is InChI=1S/C20H12Cl2F2N2O2/c21-15-2-1-3-16(22)14(15)10-25-26-20(28)18-17(27)9-8-13(19(18)24)11-4-6-12(23)7-5-11/h1-10,27H,(H,26,28). The van der Waals surface area contributed by atoms with Gasteiger partial charge in [-0.05, 0) is 42.0 Å². The lowest BCUT2D eigenvalue weighted by molar-refractivity contribution is 0.0948. The molecule has 3 aromatic rings. The van der Waals surface area contributed by atoms with E-state index in [0.29, 0.717) is 21.2 Å². The third-order valence-electron chi connectivity index (χ3n) is 3.86. The summed E-state index contributed by atoms with van der Waals surface area (Å²) < 4.78 is 27.9. The van der Waals surface area contributed by atoms with Crippen molar-refractivity contribution in [1.82, 2.24) is 5.43 Å². The molecule has 0 aromatic heterocycles. The number of nitrogens with zero attached hydrogens (tertiary/aromatic N) is 1. The van der Waals surface area contributed by atoms with E-state index in [1.165, 1.54) is 42.6 Å². The minimum Gasteiger partial charge on any atom is -0.507 e. The van der Waals surface area contributed by atoms with Gasteiger partial charge in [0.15, 0.2) is 0 Å². The van der Waals surface area contributed by atoms with Gasteiger partial charge in [-0.3, -0.25) is 4.79 Å². The maximum atomic E-state index is 14.8. The molecular formula is C20H12Cl2F2N2O2. The molecule has 1 amide bonds. The van der Waals surface area contributed by atoms with Crippen molar-refractivity contribution < 1.29 is 18.7 Å². The summed E-state index contributed by atoms with van der Waals surface area (Å²) in [4.78, 5) is 12.3. The topological polar surface area (TPSA) is 61.7 Å². The highest BCUT2D eigenvalue weighted by Crippen LogP contribution is 2.30. The molecule has 2 N–H and O–H groups in total. The van der Waals surface area contributed by atoms with Crippen molar-refractivity contribution in [1.29, 1.82) is 0 Å². The Morgan fingerprint density at radius 1 is 1.00 bits per heavy atom. The van der Waals surface area contributed by atoms with Crippen LogP contribution in [-0.4, -0.2) is 17.2 Å². The Hall–Kier alpha value is -2.96. The molecule has 4 nitrogen and oxygen atoms in total. The Balaban J connectivity index is 1.88. The van der Waals surface area contributed by atoms with Crippen LogP contribution in [0.15, 0.2) is 59.7 Å². The fourth-order valence-corrected chi connectivity index (χ4v) is 2.97. The number of phenolic OH excluding ortho intramolecular Hbond substituents is 1. The Bertz CT molecular complexity index is 1050. The molecule has 0 aliphatic heterocycles. The van der Waals surface area contributed by atoms with E-state index in [9.17, 15) is 18.7 Å². The van der Waals surface area contributed by atoms with Gasteiger partial charge in [0, 0.05) is 11.1 Å². The van der Waals surface area contributed by atoms with Gasteiger partial charge < -0.3 is 5.11 Å². The molecule has 0 aliphatic rings. The lowest BCUT2D eigenvalue weighted by Gasteiger charge is -2.10. The highest BCUT2D eigenvalue weighted by Gasteiger charge is 2.20. The van der Waals surface area contributed by atoms with Crippen molar-refractivity contribution in [3.8, 4) is 16.9 Å². The molecule has 0 saturated heterocycles. The molecule has 0 spiro atoms. The third-order valence-corrected chi connectivity index (χ3v) is 4.52. The zero-order chi connectivity index (χ0) is 20.3. The number of amides is 1. The highest BCUT2D eigenvalue weighted by atomic mass is 35.5. The number of phenols is 1. The normalized spacial score (nSPS) is 11.0. The molecule has 0 fully saturated rings. The van der Waals surface area contributed by atoms with E-state index >= 15 is 0 Å². The van der Waals surface area contributed by atoms with Crippen molar-refractivity contribution in [2.24, 2.45) is 5.10 Å². The minimum absolute atomic E-state index is 0.0288. The van der Waals surface area contributed by atoms with Crippen molar-refractivity contribution in [3.63, 3.8) is 0 Å². The summed E-state index contributed by atoms with van der Waals surface area (Å²) in [6.07, 6.45) is 1.21. The van der Waals surface area contributed by atoms with Crippen LogP contribution in [0.5, 0.6) is 5.75 Å². The lowest BCUT2D eigenvalue weighted by atomic mass is 10.0. The van der Waals surface area contributed by atoms with Gasteiger partial charge in [-0.15, -0.1) is 0 Å². The number of benzene rings is 3. The van der Waals surface area contributed by atoms with Crippen LogP contribution in [0.3, 0.4) is 0 Å². The second kappa shape index (κ2) is 8.37. The van der Waals surface area contributed by atoms with Gasteiger partial charge in [-0.1, -0.05) is 41.4 Å². The number of aromatic hydroxyl groups is 1. The number of halogens is 4. The molecule has 28 heavy (non-hydrogen) atoms. The van der Waals surface area contributed by atoms with Crippen LogP contribution in [0.1, 0.15) is 15.9 Å². The van der Waals surface area contributed by atoms with E-state index in [4.69, 9.17) is 23.2 Å². The van der Waals surface area contributed by atoms with Crippen LogP contribution in [0.25, 0.3) is 11.1 Å². The Morgan fingerprint density at radius 3 is 2.29 bits per heavy atom. The number of hydrogen-bond donors (Lipinski definition) is 2. The first-order valence-electron chi connectivity index (χ1n) is 7.93. The molecule has 142 valence electrons. The molecule has 0 radical (unpaired) electrons. The van der Waals surface area contributed by atoms with E-state index in [2.05, 4.69) is 10.5 Å². The van der Waals surface area contributed by atoms with Gasteiger partial charge in [0.05, 0.1) is 16.3 Å². The second-order valence-corrected chi connectivity index (χ2v) is 6.48. The van der Waals surface area contributed by atoms with Crippen LogP contribution in [-0.2, 0) is 0 Å². The van der Waals surface area contributed by atoms with Crippen LogP contribution < -0.4 is 5.43 Å². The maximum Gasteiger partial charge on any atom is 0.278 e. The van der Waals surface area contributed by atoms with Gasteiger partial charge in [-0.25, -0.2) is 14.2 Å². The van der Waals surface area contributed by atoms with Gasteiger partial charge in [0.25, 0.3) is 5.91 Å². The van der Waals surface area contributed by atoms with E-state index in [1.807, 2.05) is 0 Å². The fraction of sp³-hybridized carbons (Fsp3) is 0. The zero-order valence-electron chi connectivity index (χ0n) is 14.1. The first kappa shape index (κ1) is 19.8. The summed E-state index contributed by atoms with van der Waals surface area (Å²) in [5.74, 6) is -2.98. The van der Waals surface area contributed by atoms with Crippen molar-refractivity contribution in [2.45, 2.75) is 0 Å². The molecule has 0 unspecified atom stereocenters. The molecule has 0 saturated carbocycles. The molecule has 0 heterocycles. The number of hydrogen-bond acceptors (Lipinski definition) is 3. The number of hydrazone groups is 1. The predicted octanol–water partition coefficient (Wildman–Crippen LogP) is 5.41. The largest absolute Gasteiger partial charge is 0.507 e. The first-order valence-corrected chi connectivity index (χ1v) is 8.69. The van der Waals surface area contributed by atoms with Crippen LogP contribution >= 0.6 is 23.2 Å². The molecular weight excluding hydrogens is 409 g/mol. The van der Waals surface area contributed by atoms with Crippen molar-refractivity contribution >= 4 is 35.3 Å². The molecule has 0 aliphatic carbocycles. The van der Waals surface area contributed by atoms with Crippen LogP contribution in [0.4, 0.5) is 8.78 Å². The molecule has 3 aromatic carbocycles. The summed E-state index contributed by atoms with van der Waals surface area (Å²) in [5.41, 5.74) is 2.28. The van der Waals surface area contributed by atoms with Crippen LogP contribution in [0, 0.1) is 11.6 Å². The van der Waals surface area contributed by atoms with Gasteiger partial charge in [0.2, 0.25) is 0 Å². The monoisotopic (exact) mass is 420 g/mol. The fourth-order valence-electron chi connectivity index (χ4n) is 2.48. The molecule has 3 rings (SSSR count). The van der Waals surface area contributed by atoms with Gasteiger partial charge in [0.1, 0.15) is 22.9 Å². The van der Waals surface area contributed by atoms with Gasteiger partial charge >= 0.3 is 0 Å². The SMILES string of the molecule is O=C(NN=Cc1c(Cl)cccc1Cl)c1c(O)ccc(-c2ccc(F)cc2)c1F. The predicted molar refractivity (Wildman–Crippen MR) is 105 cm³/mol. The van der Waals surface area contributed by atoms with Crippen LogP contribution in [0.2, 0.25) is 10.0 Å². The van der Waals surface area contributed by atoms with E-state index in [-0.39, 0.29) is 5.56 Å². The average molecular weight is 421 g/mol. The zero-order valence-corrected chi connectivity index (χ0v) is 15.6. The molecule has 8 heteroatoms. The third kappa shape index (κ3) is 4.13. The summed E-state index contributed by atoms with van der Waals surface area (Å²) in [6.45, 7) is 0. The van der Waals surface area contributed by atoms with E-state index in [1.54, 1.807) is 18.2 Å². The Kier molecular flexibility index (Phi) is 5.92. The van der Waals surface area contributed by atoms with Crippen molar-refractivity contribution in [3.05, 3.63) is 87.4 Å².